The van der Waals surface area contributed by atoms with E-state index in [0.29, 0.717) is 6.54 Å². The van der Waals surface area contributed by atoms with Crippen LogP contribution >= 0.6 is 0 Å². The van der Waals surface area contributed by atoms with E-state index in [1.54, 1.807) is 0 Å². The Balaban J connectivity index is 1.91. The summed E-state index contributed by atoms with van der Waals surface area (Å²) in [4.78, 5) is 11.8. The molecular weight excluding hydrogens is 210 g/mol. The zero-order valence-electron chi connectivity index (χ0n) is 10.7. The highest BCUT2D eigenvalue weighted by molar-refractivity contribution is 5.79. The van der Waals surface area contributed by atoms with Crippen LogP contribution in [0, 0.1) is 5.92 Å². The van der Waals surface area contributed by atoms with Crippen LogP contribution in [0.2, 0.25) is 0 Å². The molecule has 1 aliphatic carbocycles. The number of carbonyl (C=O) groups excluding carboxylic acids is 1. The van der Waals surface area contributed by atoms with Crippen LogP contribution in [0.15, 0.2) is 30.3 Å². The molecule has 17 heavy (non-hydrogen) atoms. The molecule has 0 radical (unpaired) electrons. The zero-order valence-corrected chi connectivity index (χ0v) is 10.7. The summed E-state index contributed by atoms with van der Waals surface area (Å²) in [5.74, 6) is 0.516. The summed E-state index contributed by atoms with van der Waals surface area (Å²) in [6.45, 7) is 5.05. The molecule has 0 bridgehead atoms. The van der Waals surface area contributed by atoms with E-state index in [1.807, 2.05) is 18.2 Å². The predicted molar refractivity (Wildman–Crippen MR) is 69.8 cm³/mol. The zero-order chi connectivity index (χ0) is 12.3. The van der Waals surface area contributed by atoms with Gasteiger partial charge in [-0.25, -0.2) is 0 Å². The van der Waals surface area contributed by atoms with E-state index in [1.165, 1.54) is 12.0 Å². The standard InChI is InChI=1S/C15H21NO/c1-15(2,13-9-4-3-5-10-13)11-16-14(17)12-7-6-8-12/h3-5,9-10,12H,6-8,11H2,1-2H3,(H,16,17). The van der Waals surface area contributed by atoms with Gasteiger partial charge in [-0.05, 0) is 18.4 Å². The van der Waals surface area contributed by atoms with Gasteiger partial charge >= 0.3 is 0 Å². The molecule has 1 aliphatic rings. The second-order valence-corrected chi connectivity index (χ2v) is 5.60. The van der Waals surface area contributed by atoms with Crippen molar-refractivity contribution in [2.45, 2.75) is 38.5 Å². The van der Waals surface area contributed by atoms with Crippen LogP contribution in [-0.4, -0.2) is 12.5 Å². The Morgan fingerprint density at radius 2 is 1.94 bits per heavy atom. The van der Waals surface area contributed by atoms with Gasteiger partial charge in [0.15, 0.2) is 0 Å². The first kappa shape index (κ1) is 12.2. The van der Waals surface area contributed by atoms with Crippen molar-refractivity contribution < 1.29 is 4.79 Å². The Bertz CT molecular complexity index is 379. The van der Waals surface area contributed by atoms with Gasteiger partial charge in [-0.2, -0.15) is 0 Å². The van der Waals surface area contributed by atoms with Gasteiger partial charge in [0.1, 0.15) is 0 Å². The number of carbonyl (C=O) groups is 1. The molecule has 0 spiro atoms. The largest absolute Gasteiger partial charge is 0.355 e. The van der Waals surface area contributed by atoms with Gasteiger partial charge in [0.25, 0.3) is 0 Å². The molecule has 1 aromatic carbocycles. The lowest BCUT2D eigenvalue weighted by molar-refractivity contribution is -0.127. The highest BCUT2D eigenvalue weighted by Crippen LogP contribution is 2.27. The maximum Gasteiger partial charge on any atom is 0.223 e. The molecule has 0 atom stereocenters. The Morgan fingerprint density at radius 1 is 1.29 bits per heavy atom. The first-order chi connectivity index (χ1) is 8.09. The number of rotatable bonds is 4. The van der Waals surface area contributed by atoms with Gasteiger partial charge < -0.3 is 5.32 Å². The van der Waals surface area contributed by atoms with Gasteiger partial charge in [-0.3, -0.25) is 4.79 Å². The van der Waals surface area contributed by atoms with Crippen LogP contribution in [0.1, 0.15) is 38.7 Å². The molecule has 2 nitrogen and oxygen atoms in total. The molecule has 0 heterocycles. The summed E-state index contributed by atoms with van der Waals surface area (Å²) in [7, 11) is 0. The Hall–Kier alpha value is -1.31. The minimum Gasteiger partial charge on any atom is -0.355 e. The summed E-state index contributed by atoms with van der Waals surface area (Å²) in [5.41, 5.74) is 1.27. The van der Waals surface area contributed by atoms with Crippen LogP contribution in [0.3, 0.4) is 0 Å². The van der Waals surface area contributed by atoms with E-state index in [4.69, 9.17) is 0 Å². The molecule has 2 heteroatoms. The second-order valence-electron chi connectivity index (χ2n) is 5.60. The topological polar surface area (TPSA) is 29.1 Å². The molecule has 0 aromatic heterocycles. The normalized spacial score (nSPS) is 16.4. The molecule has 92 valence electrons. The summed E-state index contributed by atoms with van der Waals surface area (Å²) >= 11 is 0. The molecular formula is C15H21NO. The molecule has 0 unspecified atom stereocenters. The van der Waals surface area contributed by atoms with Crippen molar-refractivity contribution in [2.75, 3.05) is 6.54 Å². The third kappa shape index (κ3) is 2.87. The maximum absolute atomic E-state index is 11.8. The highest BCUT2D eigenvalue weighted by atomic mass is 16.1. The third-order valence-corrected chi connectivity index (χ3v) is 3.74. The highest BCUT2D eigenvalue weighted by Gasteiger charge is 2.27. The van der Waals surface area contributed by atoms with Crippen LogP contribution in [0.4, 0.5) is 0 Å². The molecule has 1 amide bonds. The minimum absolute atomic E-state index is 0.000662. The SMILES string of the molecule is CC(C)(CNC(=O)C1CCC1)c1ccccc1. The van der Waals surface area contributed by atoms with Gasteiger partial charge in [-0.15, -0.1) is 0 Å². The van der Waals surface area contributed by atoms with Crippen LogP contribution in [0.25, 0.3) is 0 Å². The molecule has 1 fully saturated rings. The maximum atomic E-state index is 11.8. The number of hydrogen-bond acceptors (Lipinski definition) is 1. The smallest absolute Gasteiger partial charge is 0.223 e. The van der Waals surface area contributed by atoms with Crippen molar-refractivity contribution in [3.8, 4) is 0 Å². The lowest BCUT2D eigenvalue weighted by Gasteiger charge is -2.29. The van der Waals surface area contributed by atoms with E-state index >= 15 is 0 Å². The molecule has 0 saturated heterocycles. The molecule has 1 saturated carbocycles. The number of hydrogen-bond donors (Lipinski definition) is 1. The predicted octanol–water partition coefficient (Wildman–Crippen LogP) is 2.88. The van der Waals surface area contributed by atoms with Crippen LogP contribution in [-0.2, 0) is 10.2 Å². The van der Waals surface area contributed by atoms with Gasteiger partial charge in [0, 0.05) is 17.9 Å². The van der Waals surface area contributed by atoms with E-state index in [2.05, 4.69) is 31.3 Å². The van der Waals surface area contributed by atoms with Crippen molar-refractivity contribution in [3.05, 3.63) is 35.9 Å². The molecule has 0 aliphatic heterocycles. The van der Waals surface area contributed by atoms with Gasteiger partial charge in [-0.1, -0.05) is 50.6 Å². The first-order valence-corrected chi connectivity index (χ1v) is 6.43. The first-order valence-electron chi connectivity index (χ1n) is 6.43. The van der Waals surface area contributed by atoms with E-state index < -0.39 is 0 Å². The second kappa shape index (κ2) is 4.91. The molecule has 2 rings (SSSR count). The van der Waals surface area contributed by atoms with E-state index in [9.17, 15) is 4.79 Å². The fraction of sp³-hybridized carbons (Fsp3) is 0.533. The average Bonchev–Trinajstić information content (AvgIpc) is 2.25. The van der Waals surface area contributed by atoms with E-state index in [-0.39, 0.29) is 17.2 Å². The fourth-order valence-corrected chi connectivity index (χ4v) is 2.11. The van der Waals surface area contributed by atoms with Crippen LogP contribution in [0.5, 0.6) is 0 Å². The van der Waals surface area contributed by atoms with Gasteiger partial charge in [0.2, 0.25) is 5.91 Å². The summed E-state index contributed by atoms with van der Waals surface area (Å²) in [6, 6.07) is 10.4. The van der Waals surface area contributed by atoms with Crippen molar-refractivity contribution in [1.29, 1.82) is 0 Å². The monoisotopic (exact) mass is 231 g/mol. The van der Waals surface area contributed by atoms with Crippen molar-refractivity contribution in [3.63, 3.8) is 0 Å². The Kier molecular flexibility index (Phi) is 3.51. The molecule has 1 aromatic rings. The van der Waals surface area contributed by atoms with Crippen molar-refractivity contribution in [1.82, 2.24) is 5.32 Å². The third-order valence-electron chi connectivity index (χ3n) is 3.74. The fourth-order valence-electron chi connectivity index (χ4n) is 2.11. The molecule has 1 N–H and O–H groups in total. The average molecular weight is 231 g/mol. The summed E-state index contributed by atoms with van der Waals surface area (Å²) in [6.07, 6.45) is 3.34. The van der Waals surface area contributed by atoms with Gasteiger partial charge in [0.05, 0.1) is 0 Å². The Morgan fingerprint density at radius 3 is 2.47 bits per heavy atom. The quantitative estimate of drug-likeness (QED) is 0.848. The number of benzene rings is 1. The van der Waals surface area contributed by atoms with Crippen molar-refractivity contribution >= 4 is 5.91 Å². The van der Waals surface area contributed by atoms with Crippen molar-refractivity contribution in [2.24, 2.45) is 5.92 Å². The minimum atomic E-state index is 0.000662. The number of amides is 1. The van der Waals surface area contributed by atoms with Crippen LogP contribution < -0.4 is 5.32 Å². The summed E-state index contributed by atoms with van der Waals surface area (Å²) < 4.78 is 0. The Labute approximate surface area is 103 Å². The summed E-state index contributed by atoms with van der Waals surface area (Å²) in [5, 5.41) is 3.08. The number of nitrogens with one attached hydrogen (secondary N) is 1. The van der Waals surface area contributed by atoms with E-state index in [0.717, 1.165) is 12.8 Å². The lowest BCUT2D eigenvalue weighted by Crippen LogP contribution is -2.41. The lowest BCUT2D eigenvalue weighted by atomic mass is 9.82.